The normalized spacial score (nSPS) is 19.0. The highest BCUT2D eigenvalue weighted by molar-refractivity contribution is 5.81. The zero-order valence-electron chi connectivity index (χ0n) is 18.2. The van der Waals surface area contributed by atoms with E-state index < -0.39 is 0 Å². The maximum atomic E-state index is 2.62. The van der Waals surface area contributed by atoms with E-state index in [2.05, 4.69) is 39.0 Å². The van der Waals surface area contributed by atoms with Gasteiger partial charge < -0.3 is 0 Å². The largest absolute Gasteiger partial charge is 0.0584 e. The SMILES string of the molecule is CC(C)(C)c1ccc2c(c1-c1c3c(cc4c1CCCC4)CCCC3)CCCC2. The fourth-order valence-electron chi connectivity index (χ4n) is 6.18. The first-order valence-corrected chi connectivity index (χ1v) is 11.9. The molecule has 2 aromatic rings. The molecule has 5 rings (SSSR count). The lowest BCUT2D eigenvalue weighted by Gasteiger charge is -2.34. The molecule has 0 saturated carbocycles. The Labute approximate surface area is 171 Å². The van der Waals surface area contributed by atoms with Gasteiger partial charge in [0.1, 0.15) is 0 Å². The van der Waals surface area contributed by atoms with Crippen LogP contribution in [0.3, 0.4) is 0 Å². The van der Waals surface area contributed by atoms with E-state index in [4.69, 9.17) is 0 Å². The zero-order valence-corrected chi connectivity index (χ0v) is 18.2. The Bertz CT molecular complexity index is 873. The first-order chi connectivity index (χ1) is 13.5. The van der Waals surface area contributed by atoms with Crippen LogP contribution in [0.4, 0.5) is 0 Å². The molecular weight excluding hydrogens is 336 g/mol. The van der Waals surface area contributed by atoms with Crippen LogP contribution in [0.25, 0.3) is 11.1 Å². The summed E-state index contributed by atoms with van der Waals surface area (Å²) in [7, 11) is 0. The lowest BCUT2D eigenvalue weighted by Crippen LogP contribution is -2.20. The first-order valence-electron chi connectivity index (χ1n) is 11.9. The molecule has 0 radical (unpaired) electrons. The second-order valence-corrected chi connectivity index (χ2v) is 10.5. The second-order valence-electron chi connectivity index (χ2n) is 10.5. The van der Waals surface area contributed by atoms with E-state index in [0.717, 1.165) is 0 Å². The average molecular weight is 373 g/mol. The highest BCUT2D eigenvalue weighted by Crippen LogP contribution is 2.46. The van der Waals surface area contributed by atoms with Crippen molar-refractivity contribution in [2.24, 2.45) is 0 Å². The summed E-state index contributed by atoms with van der Waals surface area (Å²) in [6.07, 6.45) is 16.0. The van der Waals surface area contributed by atoms with Crippen molar-refractivity contribution in [3.05, 3.63) is 57.1 Å². The Morgan fingerprint density at radius 2 is 1.00 bits per heavy atom. The van der Waals surface area contributed by atoms with Crippen molar-refractivity contribution in [2.45, 2.75) is 103 Å². The zero-order chi connectivity index (χ0) is 19.3. The van der Waals surface area contributed by atoms with Crippen LogP contribution in [0, 0.1) is 0 Å². The molecule has 0 saturated heterocycles. The van der Waals surface area contributed by atoms with Crippen LogP contribution >= 0.6 is 0 Å². The molecule has 0 aliphatic heterocycles. The summed E-state index contributed by atoms with van der Waals surface area (Å²) < 4.78 is 0. The number of hydrogen-bond acceptors (Lipinski definition) is 0. The second kappa shape index (κ2) is 7.05. The minimum Gasteiger partial charge on any atom is -0.0584 e. The van der Waals surface area contributed by atoms with E-state index in [1.807, 2.05) is 0 Å². The topological polar surface area (TPSA) is 0 Å². The Balaban J connectivity index is 1.87. The molecule has 0 N–H and O–H groups in total. The number of fused-ring (bicyclic) bond motifs is 3. The summed E-state index contributed by atoms with van der Waals surface area (Å²) in [5, 5.41) is 0. The predicted molar refractivity (Wildman–Crippen MR) is 121 cm³/mol. The van der Waals surface area contributed by atoms with Crippen LogP contribution in [0.5, 0.6) is 0 Å². The summed E-state index contributed by atoms with van der Waals surface area (Å²) in [6, 6.07) is 7.59. The molecule has 3 aliphatic carbocycles. The van der Waals surface area contributed by atoms with Gasteiger partial charge in [0.25, 0.3) is 0 Å². The van der Waals surface area contributed by atoms with Gasteiger partial charge in [-0.1, -0.05) is 39.0 Å². The van der Waals surface area contributed by atoms with Crippen molar-refractivity contribution < 1.29 is 0 Å². The van der Waals surface area contributed by atoms with Gasteiger partial charge in [-0.25, -0.2) is 0 Å². The maximum absolute atomic E-state index is 2.62. The monoisotopic (exact) mass is 372 g/mol. The molecule has 148 valence electrons. The van der Waals surface area contributed by atoms with Crippen molar-refractivity contribution in [1.29, 1.82) is 0 Å². The average Bonchev–Trinajstić information content (AvgIpc) is 2.70. The Morgan fingerprint density at radius 1 is 0.536 bits per heavy atom. The van der Waals surface area contributed by atoms with Gasteiger partial charge in [-0.05, 0) is 133 Å². The van der Waals surface area contributed by atoms with Gasteiger partial charge in [-0.15, -0.1) is 0 Å². The lowest BCUT2D eigenvalue weighted by molar-refractivity contribution is 0.587. The van der Waals surface area contributed by atoms with Crippen LogP contribution in [0.15, 0.2) is 18.2 Å². The predicted octanol–water partition coefficient (Wildman–Crippen LogP) is 7.29. The third-order valence-electron chi connectivity index (χ3n) is 7.56. The van der Waals surface area contributed by atoms with Crippen molar-refractivity contribution in [1.82, 2.24) is 0 Å². The molecule has 0 heterocycles. The van der Waals surface area contributed by atoms with Crippen molar-refractivity contribution in [3.63, 3.8) is 0 Å². The van der Waals surface area contributed by atoms with Crippen LogP contribution < -0.4 is 0 Å². The van der Waals surface area contributed by atoms with Crippen molar-refractivity contribution in [2.75, 3.05) is 0 Å². The van der Waals surface area contributed by atoms with Crippen molar-refractivity contribution in [3.8, 4) is 11.1 Å². The van der Waals surface area contributed by atoms with Gasteiger partial charge in [-0.2, -0.15) is 0 Å². The minimum atomic E-state index is 0.195. The van der Waals surface area contributed by atoms with Crippen LogP contribution in [0.2, 0.25) is 0 Å². The molecule has 3 aliphatic rings. The Morgan fingerprint density at radius 3 is 1.54 bits per heavy atom. The van der Waals surface area contributed by atoms with E-state index in [0.29, 0.717) is 0 Å². The lowest BCUT2D eigenvalue weighted by atomic mass is 9.70. The summed E-state index contributed by atoms with van der Waals surface area (Å²) in [5.74, 6) is 0. The van der Waals surface area contributed by atoms with Crippen LogP contribution in [0.1, 0.15) is 98.2 Å². The highest BCUT2D eigenvalue weighted by Gasteiger charge is 2.30. The fraction of sp³-hybridized carbons (Fsp3) is 0.571. The molecule has 0 nitrogen and oxygen atoms in total. The van der Waals surface area contributed by atoms with Gasteiger partial charge in [-0.3, -0.25) is 0 Å². The summed E-state index contributed by atoms with van der Waals surface area (Å²) in [6.45, 7) is 7.26. The van der Waals surface area contributed by atoms with E-state index in [9.17, 15) is 0 Å². The third-order valence-corrected chi connectivity index (χ3v) is 7.56. The van der Waals surface area contributed by atoms with Crippen LogP contribution in [-0.2, 0) is 43.9 Å². The van der Waals surface area contributed by atoms with E-state index in [-0.39, 0.29) is 5.41 Å². The molecule has 0 atom stereocenters. The summed E-state index contributed by atoms with van der Waals surface area (Å²) >= 11 is 0. The molecule has 0 unspecified atom stereocenters. The smallest absolute Gasteiger partial charge is 0.0106 e. The van der Waals surface area contributed by atoms with E-state index in [1.165, 1.54) is 77.0 Å². The molecule has 2 aromatic carbocycles. The van der Waals surface area contributed by atoms with E-state index in [1.54, 1.807) is 50.1 Å². The molecule has 0 spiro atoms. The molecule has 0 heteroatoms. The van der Waals surface area contributed by atoms with Gasteiger partial charge >= 0.3 is 0 Å². The number of rotatable bonds is 1. The molecule has 28 heavy (non-hydrogen) atoms. The number of benzene rings is 2. The number of aryl methyl sites for hydroxylation is 3. The van der Waals surface area contributed by atoms with E-state index >= 15 is 0 Å². The number of hydrogen-bond donors (Lipinski definition) is 0. The van der Waals surface area contributed by atoms with Gasteiger partial charge in [0.05, 0.1) is 0 Å². The quantitative estimate of drug-likeness (QED) is 0.493. The van der Waals surface area contributed by atoms with Gasteiger partial charge in [0.15, 0.2) is 0 Å². The van der Waals surface area contributed by atoms with Crippen molar-refractivity contribution >= 4 is 0 Å². The molecule has 0 aromatic heterocycles. The maximum Gasteiger partial charge on any atom is -0.0106 e. The molecular formula is C28H36. The summed E-state index contributed by atoms with van der Waals surface area (Å²) in [4.78, 5) is 0. The van der Waals surface area contributed by atoms with Crippen LogP contribution in [-0.4, -0.2) is 0 Å². The first kappa shape index (κ1) is 18.5. The molecule has 0 amide bonds. The Kier molecular flexibility index (Phi) is 4.65. The Hall–Kier alpha value is -1.56. The highest BCUT2D eigenvalue weighted by atomic mass is 14.3. The molecule has 0 fully saturated rings. The minimum absolute atomic E-state index is 0.195. The fourth-order valence-corrected chi connectivity index (χ4v) is 6.18. The van der Waals surface area contributed by atoms with Gasteiger partial charge in [0, 0.05) is 0 Å². The van der Waals surface area contributed by atoms with Gasteiger partial charge in [0.2, 0.25) is 0 Å². The molecule has 0 bridgehead atoms. The standard InChI is InChI=1S/C28H36/c1-28(2,3)25-17-16-19-10-4-7-13-22(19)27(25)26-23-14-8-5-11-20(23)18-21-12-6-9-15-24(21)26/h16-18H,4-15H2,1-3H3. The summed E-state index contributed by atoms with van der Waals surface area (Å²) in [5.41, 5.74) is 15.4. The third kappa shape index (κ3) is 3.04.